The van der Waals surface area contributed by atoms with E-state index in [0.29, 0.717) is 19.4 Å². The van der Waals surface area contributed by atoms with E-state index in [2.05, 4.69) is 5.32 Å². The fraction of sp³-hybridized carbons (Fsp3) is 0.750. The number of carboxylic acids is 1. The summed E-state index contributed by atoms with van der Waals surface area (Å²) >= 11 is 0. The fourth-order valence-corrected chi connectivity index (χ4v) is 0.883. The smallest absolute Gasteiger partial charge is 0.326 e. The average molecular weight is 203 g/mol. The molecule has 2 atom stereocenters. The van der Waals surface area contributed by atoms with Gasteiger partial charge in [0, 0.05) is 0 Å². The Labute approximate surface area is 82.6 Å². The molecule has 0 heterocycles. The third kappa shape index (κ3) is 4.78. The predicted molar refractivity (Wildman–Crippen MR) is 51.5 cm³/mol. The van der Waals surface area contributed by atoms with Gasteiger partial charge in [-0.15, -0.1) is 0 Å². The molecule has 0 saturated heterocycles. The highest BCUT2D eigenvalue weighted by Crippen LogP contribution is 1.96. The molecule has 0 aromatic rings. The highest BCUT2D eigenvalue weighted by atomic mass is 16.4. The first kappa shape index (κ1) is 12.9. The molecule has 0 aromatic carbocycles. The second-order valence-corrected chi connectivity index (χ2v) is 3.12. The Kier molecular flexibility index (Phi) is 5.82. The minimum absolute atomic E-state index is 0.324. The number of amides is 1. The molecule has 0 aliphatic rings. The Hall–Kier alpha value is -1.14. The van der Waals surface area contributed by atoms with Crippen LogP contribution in [-0.2, 0) is 9.59 Å². The topological polar surface area (TPSA) is 118 Å². The maximum atomic E-state index is 11.1. The van der Waals surface area contributed by atoms with Crippen molar-refractivity contribution in [2.75, 3.05) is 6.54 Å². The second kappa shape index (κ2) is 6.33. The van der Waals surface area contributed by atoms with E-state index in [1.165, 1.54) is 6.92 Å². The van der Waals surface area contributed by atoms with Crippen molar-refractivity contribution in [3.05, 3.63) is 0 Å². The van der Waals surface area contributed by atoms with Crippen LogP contribution in [0.5, 0.6) is 0 Å². The molecule has 6 N–H and O–H groups in total. The van der Waals surface area contributed by atoms with Gasteiger partial charge in [0.15, 0.2) is 0 Å². The van der Waals surface area contributed by atoms with Crippen molar-refractivity contribution >= 4 is 11.9 Å². The molecule has 0 spiro atoms. The van der Waals surface area contributed by atoms with E-state index in [-0.39, 0.29) is 0 Å². The van der Waals surface area contributed by atoms with Crippen molar-refractivity contribution in [1.82, 2.24) is 5.32 Å². The first-order valence-corrected chi connectivity index (χ1v) is 4.48. The summed E-state index contributed by atoms with van der Waals surface area (Å²) in [7, 11) is 0. The molecule has 1 unspecified atom stereocenters. The van der Waals surface area contributed by atoms with Gasteiger partial charge in [0.25, 0.3) is 0 Å². The molecular formula is C8H17N3O3. The summed E-state index contributed by atoms with van der Waals surface area (Å²) in [4.78, 5) is 21.8. The molecule has 0 rings (SSSR count). The van der Waals surface area contributed by atoms with E-state index in [1.54, 1.807) is 0 Å². The summed E-state index contributed by atoms with van der Waals surface area (Å²) in [6, 6.07) is -1.59. The molecule has 6 heteroatoms. The summed E-state index contributed by atoms with van der Waals surface area (Å²) in [5.41, 5.74) is 10.5. The van der Waals surface area contributed by atoms with Crippen LogP contribution in [-0.4, -0.2) is 35.6 Å². The van der Waals surface area contributed by atoms with Gasteiger partial charge in [0.2, 0.25) is 5.91 Å². The number of hydrogen-bond acceptors (Lipinski definition) is 4. The second-order valence-electron chi connectivity index (χ2n) is 3.12. The van der Waals surface area contributed by atoms with E-state index in [4.69, 9.17) is 16.6 Å². The molecule has 0 fully saturated rings. The monoisotopic (exact) mass is 203 g/mol. The molecule has 0 aliphatic heterocycles. The van der Waals surface area contributed by atoms with Crippen molar-refractivity contribution in [3.63, 3.8) is 0 Å². The van der Waals surface area contributed by atoms with Crippen LogP contribution in [0, 0.1) is 0 Å². The maximum Gasteiger partial charge on any atom is 0.326 e. The first-order valence-electron chi connectivity index (χ1n) is 4.48. The minimum Gasteiger partial charge on any atom is -0.480 e. The third-order valence-corrected chi connectivity index (χ3v) is 1.73. The third-order valence-electron chi connectivity index (χ3n) is 1.73. The van der Waals surface area contributed by atoms with Crippen LogP contribution in [0.4, 0.5) is 0 Å². The van der Waals surface area contributed by atoms with Gasteiger partial charge in [-0.1, -0.05) is 0 Å². The lowest BCUT2D eigenvalue weighted by atomic mass is 10.1. The number of hydrogen-bond donors (Lipinski definition) is 4. The summed E-state index contributed by atoms with van der Waals surface area (Å²) in [5, 5.41) is 11.1. The Morgan fingerprint density at radius 3 is 2.43 bits per heavy atom. The quantitative estimate of drug-likeness (QED) is 0.425. The number of nitrogens with one attached hydrogen (secondary N) is 1. The molecule has 1 amide bonds. The van der Waals surface area contributed by atoms with Crippen LogP contribution >= 0.6 is 0 Å². The minimum atomic E-state index is -1.06. The lowest BCUT2D eigenvalue weighted by molar-refractivity contribution is -0.142. The number of carbonyl (C=O) groups is 2. The number of carboxylic acid groups (broad SMARTS) is 1. The Bertz CT molecular complexity index is 206. The van der Waals surface area contributed by atoms with Crippen molar-refractivity contribution in [2.45, 2.75) is 31.8 Å². The Balaban J connectivity index is 4.09. The van der Waals surface area contributed by atoms with Gasteiger partial charge < -0.3 is 21.9 Å². The molecule has 14 heavy (non-hydrogen) atoms. The summed E-state index contributed by atoms with van der Waals surface area (Å²) in [6.07, 6.45) is 0.875. The van der Waals surface area contributed by atoms with Gasteiger partial charge >= 0.3 is 5.97 Å². The molecule has 0 aliphatic carbocycles. The van der Waals surface area contributed by atoms with E-state index < -0.39 is 24.0 Å². The van der Waals surface area contributed by atoms with E-state index >= 15 is 0 Å². The van der Waals surface area contributed by atoms with Crippen molar-refractivity contribution < 1.29 is 14.7 Å². The van der Waals surface area contributed by atoms with Gasteiger partial charge in [-0.2, -0.15) is 0 Å². The summed E-state index contributed by atoms with van der Waals surface area (Å²) in [5.74, 6) is -1.53. The van der Waals surface area contributed by atoms with Gasteiger partial charge in [-0.25, -0.2) is 4.79 Å². The van der Waals surface area contributed by atoms with Crippen LogP contribution in [0.1, 0.15) is 19.8 Å². The van der Waals surface area contributed by atoms with E-state index in [0.717, 1.165) is 0 Å². The van der Waals surface area contributed by atoms with E-state index in [1.807, 2.05) is 0 Å². The molecule has 82 valence electrons. The van der Waals surface area contributed by atoms with Crippen LogP contribution < -0.4 is 16.8 Å². The first-order chi connectivity index (χ1) is 6.49. The van der Waals surface area contributed by atoms with Crippen molar-refractivity contribution in [3.8, 4) is 0 Å². The van der Waals surface area contributed by atoms with Crippen LogP contribution in [0.2, 0.25) is 0 Å². The largest absolute Gasteiger partial charge is 0.480 e. The number of aliphatic carboxylic acids is 1. The highest BCUT2D eigenvalue weighted by molar-refractivity contribution is 5.86. The predicted octanol–water partition coefficient (Wildman–Crippen LogP) is -1.36. The van der Waals surface area contributed by atoms with Gasteiger partial charge in [-0.05, 0) is 26.3 Å². The van der Waals surface area contributed by atoms with Crippen molar-refractivity contribution in [1.29, 1.82) is 0 Å². The average Bonchev–Trinajstić information content (AvgIpc) is 2.10. The van der Waals surface area contributed by atoms with Crippen LogP contribution in [0.15, 0.2) is 0 Å². The van der Waals surface area contributed by atoms with Crippen LogP contribution in [0.25, 0.3) is 0 Å². The highest BCUT2D eigenvalue weighted by Gasteiger charge is 2.20. The van der Waals surface area contributed by atoms with Crippen molar-refractivity contribution in [2.24, 2.45) is 11.5 Å². The summed E-state index contributed by atoms with van der Waals surface area (Å²) < 4.78 is 0. The lowest BCUT2D eigenvalue weighted by Crippen LogP contribution is -2.47. The number of rotatable bonds is 6. The number of nitrogens with two attached hydrogens (primary N) is 2. The van der Waals surface area contributed by atoms with Gasteiger partial charge in [-0.3, -0.25) is 4.79 Å². The normalized spacial score (nSPS) is 14.5. The molecule has 0 bridgehead atoms. The number of carbonyl (C=O) groups excluding carboxylic acids is 1. The van der Waals surface area contributed by atoms with Gasteiger partial charge in [0.05, 0.1) is 6.04 Å². The molecular weight excluding hydrogens is 186 g/mol. The zero-order valence-corrected chi connectivity index (χ0v) is 8.19. The maximum absolute atomic E-state index is 11.1. The lowest BCUT2D eigenvalue weighted by Gasteiger charge is -2.15. The van der Waals surface area contributed by atoms with E-state index in [9.17, 15) is 9.59 Å². The molecule has 6 nitrogen and oxygen atoms in total. The Morgan fingerprint density at radius 2 is 2.07 bits per heavy atom. The fourth-order valence-electron chi connectivity index (χ4n) is 0.883. The zero-order valence-electron chi connectivity index (χ0n) is 8.19. The molecule has 0 saturated carbocycles. The summed E-state index contributed by atoms with van der Waals surface area (Å²) in [6.45, 7) is 1.90. The Morgan fingerprint density at radius 1 is 1.50 bits per heavy atom. The zero-order chi connectivity index (χ0) is 11.1. The molecule has 0 radical (unpaired) electrons. The standard InChI is InChI=1S/C8H17N3O3/c1-5(10)7(12)11-6(8(13)14)3-2-4-9/h5-6H,2-4,9-10H2,1H3,(H,11,12)(H,13,14)/t5-,6?/m0/s1. The molecule has 0 aromatic heterocycles. The SMILES string of the molecule is C[C@H](N)C(=O)NC(CCCN)C(=O)O. The van der Waals surface area contributed by atoms with Crippen LogP contribution in [0.3, 0.4) is 0 Å². The van der Waals surface area contributed by atoms with Gasteiger partial charge in [0.1, 0.15) is 6.04 Å².